The molecule has 4 heteroatoms. The average molecular weight is 218 g/mol. The minimum absolute atomic E-state index is 0.263. The highest BCUT2D eigenvalue weighted by molar-refractivity contribution is 5.46. The summed E-state index contributed by atoms with van der Waals surface area (Å²) >= 11 is 0. The second kappa shape index (κ2) is 4.72. The van der Waals surface area contributed by atoms with Crippen LogP contribution in [0.4, 0.5) is 5.69 Å². The van der Waals surface area contributed by atoms with Crippen LogP contribution in [0.2, 0.25) is 0 Å². The molecule has 1 heterocycles. The first-order chi connectivity index (χ1) is 7.78. The average Bonchev–Trinajstić information content (AvgIpc) is 2.76. The lowest BCUT2D eigenvalue weighted by Gasteiger charge is -2.03. The van der Waals surface area contributed by atoms with Crippen LogP contribution < -0.4 is 11.1 Å². The topological polar surface area (TPSA) is 71.4 Å². The molecule has 2 rings (SSSR count). The number of phenolic OH excluding ortho intramolecular Hbond substituents is 1. The van der Waals surface area contributed by atoms with Crippen molar-refractivity contribution in [1.29, 1.82) is 0 Å². The van der Waals surface area contributed by atoms with Crippen LogP contribution in [0.25, 0.3) is 0 Å². The van der Waals surface area contributed by atoms with Crippen molar-refractivity contribution >= 4 is 5.69 Å². The van der Waals surface area contributed by atoms with Gasteiger partial charge in [0, 0.05) is 17.8 Å². The van der Waals surface area contributed by atoms with Crippen molar-refractivity contribution in [2.24, 2.45) is 5.73 Å². The zero-order valence-electron chi connectivity index (χ0n) is 8.81. The number of anilines is 1. The largest absolute Gasteiger partial charge is 0.508 e. The van der Waals surface area contributed by atoms with Crippen molar-refractivity contribution in [1.82, 2.24) is 0 Å². The van der Waals surface area contributed by atoms with E-state index in [1.165, 1.54) is 0 Å². The molecule has 1 aromatic heterocycles. The highest BCUT2D eigenvalue weighted by Crippen LogP contribution is 2.15. The van der Waals surface area contributed by atoms with Gasteiger partial charge in [-0.15, -0.1) is 0 Å². The second-order valence-electron chi connectivity index (χ2n) is 3.53. The van der Waals surface area contributed by atoms with E-state index >= 15 is 0 Å². The Bertz CT molecular complexity index is 448. The molecule has 0 aliphatic rings. The zero-order chi connectivity index (χ0) is 11.4. The summed E-state index contributed by atoms with van der Waals surface area (Å²) < 4.78 is 5.22. The predicted molar refractivity (Wildman–Crippen MR) is 62.0 cm³/mol. The van der Waals surface area contributed by atoms with Crippen molar-refractivity contribution in [3.63, 3.8) is 0 Å². The van der Waals surface area contributed by atoms with E-state index in [1.807, 2.05) is 18.2 Å². The van der Waals surface area contributed by atoms with Crippen molar-refractivity contribution in [2.45, 2.75) is 13.1 Å². The third-order valence-electron chi connectivity index (χ3n) is 2.27. The van der Waals surface area contributed by atoms with Crippen molar-refractivity contribution in [2.75, 3.05) is 5.32 Å². The summed E-state index contributed by atoms with van der Waals surface area (Å²) in [7, 11) is 0. The molecule has 2 aromatic rings. The highest BCUT2D eigenvalue weighted by Gasteiger charge is 1.99. The van der Waals surface area contributed by atoms with Crippen molar-refractivity contribution < 1.29 is 9.52 Å². The minimum atomic E-state index is 0.263. The number of benzene rings is 1. The Morgan fingerprint density at radius 2 is 2.00 bits per heavy atom. The number of hydrogen-bond acceptors (Lipinski definition) is 4. The molecule has 0 unspecified atom stereocenters. The Labute approximate surface area is 93.7 Å². The van der Waals surface area contributed by atoms with E-state index in [0.717, 1.165) is 17.0 Å². The van der Waals surface area contributed by atoms with Crippen LogP contribution in [-0.2, 0) is 13.1 Å². The molecular weight excluding hydrogens is 204 g/mol. The van der Waals surface area contributed by atoms with Crippen LogP contribution in [0.15, 0.2) is 41.0 Å². The van der Waals surface area contributed by atoms with Gasteiger partial charge < -0.3 is 20.6 Å². The fourth-order valence-electron chi connectivity index (χ4n) is 1.41. The maximum atomic E-state index is 9.12. The van der Waals surface area contributed by atoms with Gasteiger partial charge >= 0.3 is 0 Å². The van der Waals surface area contributed by atoms with E-state index < -0.39 is 0 Å². The summed E-state index contributed by atoms with van der Waals surface area (Å²) in [6, 6.07) is 8.85. The lowest BCUT2D eigenvalue weighted by Crippen LogP contribution is -1.98. The van der Waals surface area contributed by atoms with Crippen LogP contribution >= 0.6 is 0 Å². The van der Waals surface area contributed by atoms with Crippen LogP contribution in [0, 0.1) is 0 Å². The third kappa shape index (κ3) is 2.55. The quantitative estimate of drug-likeness (QED) is 0.687. The molecule has 0 fully saturated rings. The number of nitrogens with two attached hydrogens (primary N) is 1. The number of nitrogens with one attached hydrogen (secondary N) is 1. The molecule has 0 radical (unpaired) electrons. The number of furan rings is 1. The Hall–Kier alpha value is -1.94. The van der Waals surface area contributed by atoms with Gasteiger partial charge in [-0.25, -0.2) is 0 Å². The van der Waals surface area contributed by atoms with E-state index in [4.69, 9.17) is 15.3 Å². The van der Waals surface area contributed by atoms with Crippen LogP contribution in [-0.4, -0.2) is 5.11 Å². The minimum Gasteiger partial charge on any atom is -0.508 e. The summed E-state index contributed by atoms with van der Waals surface area (Å²) in [5.74, 6) is 1.04. The van der Waals surface area contributed by atoms with Gasteiger partial charge in [-0.1, -0.05) is 0 Å². The summed E-state index contributed by atoms with van der Waals surface area (Å²) in [5.41, 5.74) is 7.45. The summed E-state index contributed by atoms with van der Waals surface area (Å²) in [4.78, 5) is 0. The molecule has 0 aliphatic carbocycles. The van der Waals surface area contributed by atoms with Gasteiger partial charge in [-0.3, -0.25) is 0 Å². The van der Waals surface area contributed by atoms with E-state index in [-0.39, 0.29) is 5.75 Å². The molecule has 0 atom stereocenters. The van der Waals surface area contributed by atoms with Crippen molar-refractivity contribution in [3.8, 4) is 5.75 Å². The zero-order valence-corrected chi connectivity index (χ0v) is 8.81. The van der Waals surface area contributed by atoms with Gasteiger partial charge in [-0.05, 0) is 30.3 Å². The monoisotopic (exact) mass is 218 g/mol. The molecule has 4 N–H and O–H groups in total. The lowest BCUT2D eigenvalue weighted by molar-refractivity contribution is 0.475. The van der Waals surface area contributed by atoms with Crippen LogP contribution in [0.5, 0.6) is 5.75 Å². The number of phenols is 1. The Morgan fingerprint density at radius 3 is 2.62 bits per heavy atom. The molecular formula is C12H14N2O2. The summed E-state index contributed by atoms with van der Waals surface area (Å²) in [6.45, 7) is 1.09. The lowest BCUT2D eigenvalue weighted by atomic mass is 10.2. The first-order valence-corrected chi connectivity index (χ1v) is 5.07. The summed E-state index contributed by atoms with van der Waals surface area (Å²) in [6.07, 6.45) is 1.69. The fourth-order valence-corrected chi connectivity index (χ4v) is 1.41. The van der Waals surface area contributed by atoms with Gasteiger partial charge in [0.1, 0.15) is 11.5 Å². The molecule has 1 aromatic carbocycles. The second-order valence-corrected chi connectivity index (χ2v) is 3.53. The molecule has 0 bridgehead atoms. The smallest absolute Gasteiger partial charge is 0.117 e. The van der Waals surface area contributed by atoms with Gasteiger partial charge in [-0.2, -0.15) is 0 Å². The summed E-state index contributed by atoms with van der Waals surface area (Å²) in [5, 5.41) is 12.3. The SMILES string of the molecule is NCc1cc(CNc2ccc(O)cc2)co1. The highest BCUT2D eigenvalue weighted by atomic mass is 16.3. The molecule has 0 spiro atoms. The molecule has 0 saturated heterocycles. The van der Waals surface area contributed by atoms with E-state index in [9.17, 15) is 0 Å². The van der Waals surface area contributed by atoms with E-state index in [0.29, 0.717) is 13.1 Å². The molecule has 0 amide bonds. The normalized spacial score (nSPS) is 10.3. The first-order valence-electron chi connectivity index (χ1n) is 5.07. The Morgan fingerprint density at radius 1 is 1.25 bits per heavy atom. The Balaban J connectivity index is 1.94. The molecule has 4 nitrogen and oxygen atoms in total. The number of rotatable bonds is 4. The molecule has 84 valence electrons. The molecule has 0 aliphatic heterocycles. The standard InChI is InChI=1S/C12H14N2O2/c13-6-12-5-9(8-16-12)7-14-10-1-3-11(15)4-2-10/h1-5,8,14-15H,6-7,13H2. The number of aromatic hydroxyl groups is 1. The maximum absolute atomic E-state index is 9.12. The van der Waals surface area contributed by atoms with Gasteiger partial charge in [0.15, 0.2) is 0 Å². The predicted octanol–water partition coefficient (Wildman–Crippen LogP) is 2.06. The van der Waals surface area contributed by atoms with Crippen molar-refractivity contribution in [3.05, 3.63) is 47.9 Å². The van der Waals surface area contributed by atoms with Gasteiger partial charge in [0.2, 0.25) is 0 Å². The number of hydrogen-bond donors (Lipinski definition) is 3. The van der Waals surface area contributed by atoms with Gasteiger partial charge in [0.05, 0.1) is 12.8 Å². The van der Waals surface area contributed by atoms with Gasteiger partial charge in [0.25, 0.3) is 0 Å². The first kappa shape index (κ1) is 10.6. The molecule has 16 heavy (non-hydrogen) atoms. The fraction of sp³-hybridized carbons (Fsp3) is 0.167. The van der Waals surface area contributed by atoms with Crippen LogP contribution in [0.3, 0.4) is 0 Å². The maximum Gasteiger partial charge on any atom is 0.117 e. The third-order valence-corrected chi connectivity index (χ3v) is 2.27. The van der Waals surface area contributed by atoms with Crippen LogP contribution in [0.1, 0.15) is 11.3 Å². The van der Waals surface area contributed by atoms with E-state index in [1.54, 1.807) is 18.4 Å². The van der Waals surface area contributed by atoms with E-state index in [2.05, 4.69) is 5.32 Å². The Kier molecular flexibility index (Phi) is 3.12. The molecule has 0 saturated carbocycles.